The molecule has 0 heterocycles. The van der Waals surface area contributed by atoms with E-state index < -0.39 is 52.7 Å². The van der Waals surface area contributed by atoms with Gasteiger partial charge in [0.2, 0.25) is 0 Å². The van der Waals surface area contributed by atoms with Gasteiger partial charge in [-0.2, -0.15) is 21.9 Å². The summed E-state index contributed by atoms with van der Waals surface area (Å²) in [4.78, 5) is 1.83. The zero-order valence-corrected chi connectivity index (χ0v) is 30.0. The van der Waals surface area contributed by atoms with E-state index in [1.807, 2.05) is 4.90 Å². The van der Waals surface area contributed by atoms with Crippen LogP contribution in [0.5, 0.6) is 0 Å². The van der Waals surface area contributed by atoms with E-state index in [1.54, 1.807) is 0 Å². The van der Waals surface area contributed by atoms with E-state index in [-0.39, 0.29) is 44.1 Å². The van der Waals surface area contributed by atoms with Gasteiger partial charge in [0, 0.05) is 24.3 Å². The Morgan fingerprint density at radius 2 is 0.720 bits per heavy atom. The topological polar surface area (TPSA) is 4.44 Å². The van der Waals surface area contributed by atoms with Crippen molar-refractivity contribution < 1.29 is 40.0 Å². The normalized spacial score (nSPS) is 14.1. The Morgan fingerprint density at radius 3 is 0.960 bits per heavy atom. The van der Waals surface area contributed by atoms with Crippen LogP contribution in [0.25, 0.3) is 0 Å². The zero-order chi connectivity index (χ0) is 37.2. The number of hydrogen-bond donors (Lipinski definition) is 1. The van der Waals surface area contributed by atoms with E-state index in [2.05, 4.69) is 27.7 Å². The second-order valence-electron chi connectivity index (χ2n) is 14.4. The van der Waals surface area contributed by atoms with Crippen LogP contribution >= 0.6 is 0 Å². The van der Waals surface area contributed by atoms with E-state index in [9.17, 15) is 17.6 Å². The van der Waals surface area contributed by atoms with Crippen molar-refractivity contribution in [2.75, 3.05) is 0 Å². The van der Waals surface area contributed by atoms with E-state index in [1.165, 1.54) is 59.8 Å². The molecule has 50 heavy (non-hydrogen) atoms. The van der Waals surface area contributed by atoms with Crippen molar-refractivity contribution in [3.05, 3.63) is 117 Å². The molecule has 0 amide bonds. The fraction of sp³-hybridized carbons (Fsp3) is 0.400. The third kappa shape index (κ3) is 7.65. The van der Waals surface area contributed by atoms with Crippen molar-refractivity contribution >= 4 is 28.0 Å². The summed E-state index contributed by atoms with van der Waals surface area (Å²) in [6.45, 7) is 14.4. The highest BCUT2D eigenvalue weighted by molar-refractivity contribution is 7.20. The summed E-state index contributed by atoms with van der Waals surface area (Å²) in [5.41, 5.74) is -2.09. The van der Waals surface area contributed by atoms with Gasteiger partial charge in [0.1, 0.15) is 52.7 Å². The molecule has 0 saturated heterocycles. The van der Waals surface area contributed by atoms with Gasteiger partial charge in [-0.3, -0.25) is 0 Å². The number of halogens is 8. The molecule has 270 valence electrons. The minimum atomic E-state index is -3.39. The van der Waals surface area contributed by atoms with Gasteiger partial charge in [0.25, 0.3) is 0 Å². The van der Waals surface area contributed by atoms with Crippen LogP contribution in [0.3, 0.4) is 0 Å². The summed E-state index contributed by atoms with van der Waals surface area (Å²) < 4.78 is 119. The van der Waals surface area contributed by atoms with Gasteiger partial charge in [0.05, 0.1) is 18.1 Å². The maximum atomic E-state index is 15.0. The summed E-state index contributed by atoms with van der Waals surface area (Å²) in [5, 5.41) is 0. The van der Waals surface area contributed by atoms with Gasteiger partial charge in [0.15, 0.2) is 0 Å². The van der Waals surface area contributed by atoms with Crippen LogP contribution < -0.4 is 26.8 Å². The Morgan fingerprint density at radius 1 is 0.460 bits per heavy atom. The van der Waals surface area contributed by atoms with Gasteiger partial charge in [-0.15, -0.1) is 0 Å². The highest BCUT2D eigenvalue weighted by atomic mass is 19.2. The Kier molecular flexibility index (Phi) is 12.3. The molecule has 0 radical (unpaired) electrons. The molecule has 1 fully saturated rings. The van der Waals surface area contributed by atoms with Crippen molar-refractivity contribution in [3.63, 3.8) is 0 Å². The minimum Gasteiger partial charge on any atom is -0.329 e. The Labute approximate surface area is 290 Å². The fourth-order valence-electron chi connectivity index (χ4n) is 8.51. The molecule has 0 aromatic heterocycles. The smallest absolute Gasteiger partial charge is 0.125 e. The summed E-state index contributed by atoms with van der Waals surface area (Å²) in [6, 6.07) is 8.22. The Bertz CT molecular complexity index is 1600. The van der Waals surface area contributed by atoms with Gasteiger partial charge in [-0.05, 0) is 103 Å². The number of benzene rings is 4. The third-order valence-electron chi connectivity index (χ3n) is 10.7. The van der Waals surface area contributed by atoms with Crippen molar-refractivity contribution in [2.24, 2.45) is 0 Å². The second-order valence-corrected chi connectivity index (χ2v) is 14.4. The molecule has 1 N–H and O–H groups in total. The van der Waals surface area contributed by atoms with E-state index in [0.717, 1.165) is 42.4 Å². The van der Waals surface area contributed by atoms with Crippen molar-refractivity contribution in [1.82, 2.24) is 0 Å². The maximum Gasteiger partial charge on any atom is 0.125 e. The molecule has 1 nitrogen and oxygen atoms in total. The molecule has 5 rings (SSSR count). The highest BCUT2D eigenvalue weighted by Gasteiger charge is 2.39. The van der Waals surface area contributed by atoms with Crippen molar-refractivity contribution in [3.8, 4) is 0 Å². The lowest BCUT2D eigenvalue weighted by atomic mass is 9.11. The molecular weight excluding hydrogens is 657 g/mol. The quantitative estimate of drug-likeness (QED) is 0.151. The molecular formula is C40H46BF8N. The molecule has 1 saturated carbocycles. The second kappa shape index (κ2) is 15.7. The monoisotopic (exact) mass is 703 g/mol. The first kappa shape index (κ1) is 39.1. The molecule has 4 aromatic rings. The molecule has 1 aliphatic rings. The molecule has 0 unspecified atom stereocenters. The lowest BCUT2D eigenvalue weighted by molar-refractivity contribution is -0.967. The predicted octanol–water partition coefficient (Wildman–Crippen LogP) is 7.43. The van der Waals surface area contributed by atoms with Crippen LogP contribution in [0.1, 0.15) is 82.1 Å². The Hall–Kier alpha value is -3.66. The SMILES string of the molecule is CC(C)[NH+](C(C)C)C1CCCCC1.Cc1c(F)cc(F)cc1[B-](c1cc(F)cc(F)c1C)(c1cc(F)cc(F)c1C)c1cc(F)cc(F)c1C. The first-order valence-corrected chi connectivity index (χ1v) is 17.3. The molecule has 10 heteroatoms. The van der Waals surface area contributed by atoms with Crippen LogP contribution in [0.2, 0.25) is 0 Å². The van der Waals surface area contributed by atoms with Crippen LogP contribution in [-0.4, -0.2) is 24.3 Å². The third-order valence-corrected chi connectivity index (χ3v) is 10.7. The molecule has 0 aliphatic heterocycles. The molecule has 1 aliphatic carbocycles. The molecule has 0 bridgehead atoms. The van der Waals surface area contributed by atoms with Crippen LogP contribution in [0.4, 0.5) is 35.1 Å². The number of quaternary nitrogens is 1. The van der Waals surface area contributed by atoms with Crippen molar-refractivity contribution in [2.45, 2.75) is 106 Å². The highest BCUT2D eigenvalue weighted by Crippen LogP contribution is 2.23. The first-order valence-electron chi connectivity index (χ1n) is 17.3. The largest absolute Gasteiger partial charge is 0.329 e. The average Bonchev–Trinajstić information content (AvgIpc) is 3.03. The average molecular weight is 704 g/mol. The lowest BCUT2D eigenvalue weighted by Crippen LogP contribution is -3.21. The summed E-state index contributed by atoms with van der Waals surface area (Å²) >= 11 is 0. The predicted molar refractivity (Wildman–Crippen MR) is 187 cm³/mol. The van der Waals surface area contributed by atoms with Crippen molar-refractivity contribution in [1.29, 1.82) is 0 Å². The molecule has 4 aromatic carbocycles. The number of nitrogens with one attached hydrogen (secondary N) is 1. The Balaban J connectivity index is 0.000000363. The summed E-state index contributed by atoms with van der Waals surface area (Å²) in [6.07, 6.45) is 3.94. The summed E-state index contributed by atoms with van der Waals surface area (Å²) in [5.74, 6) is -8.71. The van der Waals surface area contributed by atoms with E-state index in [0.29, 0.717) is 24.3 Å². The van der Waals surface area contributed by atoms with Gasteiger partial charge in [-0.1, -0.05) is 30.7 Å². The van der Waals surface area contributed by atoms with Gasteiger partial charge >= 0.3 is 0 Å². The van der Waals surface area contributed by atoms with E-state index in [4.69, 9.17) is 0 Å². The maximum absolute atomic E-state index is 15.0. The minimum absolute atomic E-state index is 0.237. The number of rotatable bonds is 7. The lowest BCUT2D eigenvalue weighted by Gasteiger charge is -2.48. The molecule has 0 atom stereocenters. The van der Waals surface area contributed by atoms with Crippen LogP contribution in [0, 0.1) is 74.2 Å². The van der Waals surface area contributed by atoms with Crippen LogP contribution in [-0.2, 0) is 0 Å². The fourth-order valence-corrected chi connectivity index (χ4v) is 8.51. The van der Waals surface area contributed by atoms with Gasteiger partial charge < -0.3 is 4.90 Å². The summed E-state index contributed by atoms with van der Waals surface area (Å²) in [7, 11) is 0. The zero-order valence-electron chi connectivity index (χ0n) is 30.0. The van der Waals surface area contributed by atoms with E-state index >= 15 is 17.6 Å². The van der Waals surface area contributed by atoms with Gasteiger partial charge in [-0.25, -0.2) is 35.1 Å². The standard InChI is InChI=1S/C28H20BF8.C12H25N/c1-13-21(5-17(30)9-25(13)34)29(22-6-18(31)10-26(35)14(22)2,23-7-19(32)11-27(36)15(23)3)24-8-20(33)12-28(37)16(24)4;1-10(2)13(11(3)4)12-8-6-5-7-9-12/h5-12H,1-4H3;10-12H,5-9H2,1-4H3/q-1;/p+1. The first-order chi connectivity index (χ1) is 23.4. The van der Waals surface area contributed by atoms with Crippen LogP contribution in [0.15, 0.2) is 48.5 Å². The molecule has 0 spiro atoms. The number of hydrogen-bond acceptors (Lipinski definition) is 0.